The van der Waals surface area contributed by atoms with Crippen LogP contribution in [0.3, 0.4) is 0 Å². The van der Waals surface area contributed by atoms with Gasteiger partial charge in [-0.15, -0.1) is 0 Å². The van der Waals surface area contributed by atoms with Crippen molar-refractivity contribution in [3.05, 3.63) is 29.8 Å². The van der Waals surface area contributed by atoms with E-state index < -0.39 is 11.9 Å². The Morgan fingerprint density at radius 2 is 2.00 bits per heavy atom. The first-order chi connectivity index (χ1) is 12.1. The molecule has 2 N–H and O–H groups in total. The average Bonchev–Trinajstić information content (AvgIpc) is 3.12. The van der Waals surface area contributed by atoms with E-state index in [4.69, 9.17) is 14.7 Å². The molecule has 1 fully saturated rings. The number of anilines is 1. The molecule has 1 aliphatic heterocycles. The summed E-state index contributed by atoms with van der Waals surface area (Å²) in [6, 6.07) is 7.71. The highest BCUT2D eigenvalue weighted by molar-refractivity contribution is 5.94. The number of carbonyl (C=O) groups excluding carboxylic acids is 3. The normalized spacial score (nSPS) is 15.9. The number of ether oxygens (including phenoxy) is 2. The van der Waals surface area contributed by atoms with Gasteiger partial charge in [0.15, 0.2) is 6.61 Å². The summed E-state index contributed by atoms with van der Waals surface area (Å²) in [5.41, 5.74) is 0.719. The molecule has 0 aromatic heterocycles. The molecule has 8 heteroatoms. The first-order valence-corrected chi connectivity index (χ1v) is 7.91. The van der Waals surface area contributed by atoms with Gasteiger partial charge in [0.05, 0.1) is 17.7 Å². The molecule has 2 amide bonds. The summed E-state index contributed by atoms with van der Waals surface area (Å²) < 4.78 is 10.3. The van der Waals surface area contributed by atoms with Crippen molar-refractivity contribution in [2.45, 2.75) is 25.4 Å². The van der Waals surface area contributed by atoms with Crippen molar-refractivity contribution >= 4 is 23.5 Å². The second-order valence-electron chi connectivity index (χ2n) is 5.48. The van der Waals surface area contributed by atoms with Crippen LogP contribution in [-0.4, -0.2) is 43.6 Å². The van der Waals surface area contributed by atoms with E-state index in [-0.39, 0.29) is 30.6 Å². The molecule has 1 atom stereocenters. The summed E-state index contributed by atoms with van der Waals surface area (Å²) in [7, 11) is 0. The second-order valence-corrected chi connectivity index (χ2v) is 5.48. The average molecular weight is 345 g/mol. The molecule has 0 unspecified atom stereocenters. The van der Waals surface area contributed by atoms with Crippen LogP contribution in [0.1, 0.15) is 29.6 Å². The van der Waals surface area contributed by atoms with Crippen molar-refractivity contribution in [3.8, 4) is 6.07 Å². The maximum Gasteiger partial charge on any atom is 0.338 e. The lowest BCUT2D eigenvalue weighted by molar-refractivity contribution is -0.124. The predicted molar refractivity (Wildman–Crippen MR) is 87.6 cm³/mol. The van der Waals surface area contributed by atoms with Crippen molar-refractivity contribution in [1.82, 2.24) is 5.32 Å². The number of hydrogen-bond acceptors (Lipinski definition) is 6. The third-order valence-corrected chi connectivity index (χ3v) is 3.53. The number of benzene rings is 1. The van der Waals surface area contributed by atoms with Gasteiger partial charge < -0.3 is 20.1 Å². The van der Waals surface area contributed by atoms with E-state index in [0.29, 0.717) is 18.8 Å². The SMILES string of the molecule is N#CCC(=O)Nc1ccc(C(=O)OCC(=O)NC[C@@H]2CCCO2)cc1. The molecule has 0 saturated carbocycles. The molecule has 0 aliphatic carbocycles. The smallest absolute Gasteiger partial charge is 0.338 e. The zero-order valence-electron chi connectivity index (χ0n) is 13.6. The van der Waals surface area contributed by atoms with Gasteiger partial charge in [0.2, 0.25) is 5.91 Å². The third kappa shape index (κ3) is 6.24. The monoisotopic (exact) mass is 345 g/mol. The molecule has 0 spiro atoms. The number of esters is 1. The van der Waals surface area contributed by atoms with Gasteiger partial charge in [0, 0.05) is 18.8 Å². The Morgan fingerprint density at radius 1 is 1.24 bits per heavy atom. The predicted octanol–water partition coefficient (Wildman–Crippen LogP) is 0.991. The van der Waals surface area contributed by atoms with E-state index in [1.165, 1.54) is 24.3 Å². The van der Waals surface area contributed by atoms with Gasteiger partial charge in [0.25, 0.3) is 5.91 Å². The van der Waals surface area contributed by atoms with Crippen molar-refractivity contribution < 1.29 is 23.9 Å². The van der Waals surface area contributed by atoms with Crippen LogP contribution in [0, 0.1) is 11.3 Å². The fraction of sp³-hybridized carbons (Fsp3) is 0.412. The molecule has 2 rings (SSSR count). The van der Waals surface area contributed by atoms with E-state index in [1.807, 2.05) is 0 Å². The van der Waals surface area contributed by atoms with E-state index in [2.05, 4.69) is 10.6 Å². The number of nitriles is 1. The first kappa shape index (κ1) is 18.4. The molecule has 132 valence electrons. The molecule has 0 radical (unpaired) electrons. The van der Waals surface area contributed by atoms with E-state index in [0.717, 1.165) is 12.8 Å². The fourth-order valence-electron chi connectivity index (χ4n) is 2.27. The molecule has 8 nitrogen and oxygen atoms in total. The lowest BCUT2D eigenvalue weighted by atomic mass is 10.2. The van der Waals surface area contributed by atoms with Crippen molar-refractivity contribution in [3.63, 3.8) is 0 Å². The molecule has 1 aromatic carbocycles. The maximum atomic E-state index is 11.9. The number of carbonyl (C=O) groups is 3. The summed E-state index contributed by atoms with van der Waals surface area (Å²) in [4.78, 5) is 34.8. The van der Waals surface area contributed by atoms with Gasteiger partial charge in [-0.3, -0.25) is 9.59 Å². The number of hydrogen-bond donors (Lipinski definition) is 2. The van der Waals surface area contributed by atoms with Crippen LogP contribution in [0.15, 0.2) is 24.3 Å². The second kappa shape index (κ2) is 9.39. The Morgan fingerprint density at radius 3 is 2.64 bits per heavy atom. The molecule has 1 aliphatic rings. The van der Waals surface area contributed by atoms with Gasteiger partial charge >= 0.3 is 5.97 Å². The first-order valence-electron chi connectivity index (χ1n) is 7.91. The third-order valence-electron chi connectivity index (χ3n) is 3.53. The molecule has 0 bridgehead atoms. The minimum Gasteiger partial charge on any atom is -0.452 e. The van der Waals surface area contributed by atoms with Crippen LogP contribution in [0.5, 0.6) is 0 Å². The summed E-state index contributed by atoms with van der Waals surface area (Å²) >= 11 is 0. The fourth-order valence-corrected chi connectivity index (χ4v) is 2.27. The highest BCUT2D eigenvalue weighted by atomic mass is 16.5. The van der Waals surface area contributed by atoms with Crippen molar-refractivity contribution in [1.29, 1.82) is 5.26 Å². The molecule has 1 saturated heterocycles. The number of rotatable bonds is 7. The summed E-state index contributed by atoms with van der Waals surface area (Å²) in [5, 5.41) is 13.6. The van der Waals surface area contributed by atoms with Gasteiger partial charge in [-0.2, -0.15) is 5.26 Å². The van der Waals surface area contributed by atoms with E-state index in [9.17, 15) is 14.4 Å². The van der Waals surface area contributed by atoms with Crippen LogP contribution < -0.4 is 10.6 Å². The summed E-state index contributed by atoms with van der Waals surface area (Å²) in [6.45, 7) is 0.752. The summed E-state index contributed by atoms with van der Waals surface area (Å²) in [5.74, 6) is -1.45. The Hall–Kier alpha value is -2.92. The Balaban J connectivity index is 1.73. The largest absolute Gasteiger partial charge is 0.452 e. The van der Waals surface area contributed by atoms with Gasteiger partial charge in [0.1, 0.15) is 6.42 Å². The number of nitrogens with zero attached hydrogens (tertiary/aromatic N) is 1. The van der Waals surface area contributed by atoms with Crippen LogP contribution in [-0.2, 0) is 19.1 Å². The van der Waals surface area contributed by atoms with E-state index >= 15 is 0 Å². The lowest BCUT2D eigenvalue weighted by Crippen LogP contribution is -2.34. The minimum absolute atomic E-state index is 0.0310. The quantitative estimate of drug-likeness (QED) is 0.712. The van der Waals surface area contributed by atoms with Crippen LogP contribution >= 0.6 is 0 Å². The Kier molecular flexibility index (Phi) is 6.92. The van der Waals surface area contributed by atoms with Crippen LogP contribution in [0.25, 0.3) is 0 Å². The topological polar surface area (TPSA) is 118 Å². The maximum absolute atomic E-state index is 11.9. The van der Waals surface area contributed by atoms with Gasteiger partial charge in [-0.05, 0) is 37.1 Å². The zero-order chi connectivity index (χ0) is 18.1. The van der Waals surface area contributed by atoms with Crippen molar-refractivity contribution in [2.75, 3.05) is 25.1 Å². The lowest BCUT2D eigenvalue weighted by Gasteiger charge is -2.11. The van der Waals surface area contributed by atoms with E-state index in [1.54, 1.807) is 6.07 Å². The minimum atomic E-state index is -0.637. The number of amides is 2. The highest BCUT2D eigenvalue weighted by Gasteiger charge is 2.17. The number of nitrogens with one attached hydrogen (secondary N) is 2. The van der Waals surface area contributed by atoms with Gasteiger partial charge in [-0.1, -0.05) is 0 Å². The summed E-state index contributed by atoms with van der Waals surface area (Å²) in [6.07, 6.45) is 1.69. The van der Waals surface area contributed by atoms with Crippen LogP contribution in [0.2, 0.25) is 0 Å². The Labute approximate surface area is 145 Å². The molecular formula is C17H19N3O5. The molecular weight excluding hydrogens is 326 g/mol. The Bertz CT molecular complexity index is 660. The van der Waals surface area contributed by atoms with Crippen molar-refractivity contribution in [2.24, 2.45) is 0 Å². The molecule has 1 heterocycles. The molecule has 25 heavy (non-hydrogen) atoms. The van der Waals surface area contributed by atoms with Crippen LogP contribution in [0.4, 0.5) is 5.69 Å². The molecule has 1 aromatic rings. The zero-order valence-corrected chi connectivity index (χ0v) is 13.6. The van der Waals surface area contributed by atoms with Gasteiger partial charge in [-0.25, -0.2) is 4.79 Å². The highest BCUT2D eigenvalue weighted by Crippen LogP contribution is 2.11. The standard InChI is InChI=1S/C17H19N3O5/c18-8-7-15(21)20-13-5-3-12(4-6-13)17(23)25-11-16(22)19-10-14-2-1-9-24-14/h3-6,14H,1-2,7,9-11H2,(H,19,22)(H,20,21)/t14-/m0/s1.